The lowest BCUT2D eigenvalue weighted by Gasteiger charge is -2.26. The Kier molecular flexibility index (Phi) is 16.1. The van der Waals surface area contributed by atoms with Crippen LogP contribution in [0, 0.1) is 11.6 Å². The van der Waals surface area contributed by atoms with Gasteiger partial charge in [-0.3, -0.25) is 18.7 Å². The number of pyridine rings is 1. The van der Waals surface area contributed by atoms with Crippen LogP contribution in [0.2, 0.25) is 0 Å². The van der Waals surface area contributed by atoms with E-state index in [-0.39, 0.29) is 58.8 Å². The van der Waals surface area contributed by atoms with Crippen LogP contribution in [0.5, 0.6) is 11.6 Å². The van der Waals surface area contributed by atoms with E-state index in [9.17, 15) is 28.0 Å². The number of aryl methyl sites for hydroxylation is 4. The summed E-state index contributed by atoms with van der Waals surface area (Å²) in [5.74, 6) is -0.533. The van der Waals surface area contributed by atoms with Crippen LogP contribution in [0.3, 0.4) is 0 Å². The lowest BCUT2D eigenvalue weighted by atomic mass is 10.0. The molecular formula is C57H63F2N17O6. The number of carbonyl (C=O) groups is 2. The van der Waals surface area contributed by atoms with Crippen molar-refractivity contribution in [2.24, 2.45) is 0 Å². The summed E-state index contributed by atoms with van der Waals surface area (Å²) < 4.78 is 48.1. The first-order chi connectivity index (χ1) is 39.5. The van der Waals surface area contributed by atoms with Crippen molar-refractivity contribution in [1.82, 2.24) is 53.0 Å². The summed E-state index contributed by atoms with van der Waals surface area (Å²) in [6.07, 6.45) is 9.63. The minimum atomic E-state index is -0.532. The molecule has 0 atom stereocenters. The fraction of sp³-hybridized carbons (Fsp3) is 0.316. The summed E-state index contributed by atoms with van der Waals surface area (Å²) in [5.41, 5.74) is 4.82. The molecule has 3 aromatic carbocycles. The highest BCUT2D eigenvalue weighted by molar-refractivity contribution is 6.03. The molecule has 8 aromatic rings. The third-order valence-electron chi connectivity index (χ3n) is 14.1. The topological polar surface area (TPSA) is 232 Å². The SMILES string of the molecule is C=CC(=O)Nc1cc(Nc2nccc(-n3c(=O)n4c5c(cc(F)cc53)CCC4)n2)c(OC/C=C\C(=O)Nc2cc(Nc3nccc(-n4c(=O)n5c6c(cc(F)cc64)CCC5)n3)c(OC)nc2N(C)CCN(C)C)cc1N(C)CCN(C)C. The molecule has 0 saturated carbocycles. The monoisotopic (exact) mass is 1120 g/mol. The van der Waals surface area contributed by atoms with Crippen molar-refractivity contribution in [3.63, 3.8) is 0 Å². The van der Waals surface area contributed by atoms with Gasteiger partial charge in [-0.05, 0) is 101 Å². The van der Waals surface area contributed by atoms with Gasteiger partial charge in [-0.15, -0.1) is 0 Å². The van der Waals surface area contributed by atoms with Crippen molar-refractivity contribution in [2.75, 3.05) is 113 Å². The van der Waals surface area contributed by atoms with Gasteiger partial charge in [-0.2, -0.15) is 15.0 Å². The molecule has 0 bridgehead atoms. The molecule has 82 heavy (non-hydrogen) atoms. The van der Waals surface area contributed by atoms with Gasteiger partial charge in [0, 0.05) is 102 Å². The fourth-order valence-corrected chi connectivity index (χ4v) is 10.2. The highest BCUT2D eigenvalue weighted by Crippen LogP contribution is 2.39. The van der Waals surface area contributed by atoms with Crippen molar-refractivity contribution in [3.8, 4) is 23.3 Å². The van der Waals surface area contributed by atoms with E-state index in [1.807, 2.05) is 61.9 Å². The Hall–Kier alpha value is -9.49. The predicted octanol–water partition coefficient (Wildman–Crippen LogP) is 6.23. The zero-order valence-corrected chi connectivity index (χ0v) is 46.6. The molecule has 23 nitrogen and oxygen atoms in total. The van der Waals surface area contributed by atoms with Gasteiger partial charge in [-0.25, -0.2) is 37.5 Å². The molecule has 0 aliphatic carbocycles. The van der Waals surface area contributed by atoms with Crippen molar-refractivity contribution < 1.29 is 27.8 Å². The fourth-order valence-electron chi connectivity index (χ4n) is 10.2. The van der Waals surface area contributed by atoms with Crippen LogP contribution < -0.4 is 51.9 Å². The summed E-state index contributed by atoms with van der Waals surface area (Å²) in [5, 5.41) is 12.2. The number of nitrogens with zero attached hydrogens (tertiary/aromatic N) is 13. The standard InChI is InChI=1S/C57H63F2N17O6/c1-9-48(77)62-38-31-39(64-54-60-18-16-46(66-54)75-43-29-36(58)27-34-13-10-20-73(50(34)43)56(75)79)45(33-42(38)71(6)24-22-69(2)3)82-26-12-15-49(78)63-40-32-41(53(81-8)68-52(40)72(7)25-23-70(4)5)65-55-61-19-17-47(67-55)76-44-30-37(59)28-35-14-11-21-74(51(35)44)57(76)80/h9,12,15-19,27-33H,1,10-11,13-14,20-26H2,2-8H3,(H,62,77)(H,63,78)(H,60,64,66)(H,61,65,67)/b15-12-. The molecule has 7 heterocycles. The van der Waals surface area contributed by atoms with Gasteiger partial charge in [0.15, 0.2) is 5.82 Å². The number of imidazole rings is 2. The average molecular weight is 1120 g/mol. The van der Waals surface area contributed by atoms with E-state index in [1.165, 1.54) is 65.1 Å². The second kappa shape index (κ2) is 23.7. The zero-order chi connectivity index (χ0) is 57.9. The maximum Gasteiger partial charge on any atom is 0.334 e. The molecule has 2 aliphatic heterocycles. The summed E-state index contributed by atoms with van der Waals surface area (Å²) in [4.78, 5) is 85.6. The quantitative estimate of drug-likeness (QED) is 0.0551. The smallest absolute Gasteiger partial charge is 0.334 e. The van der Waals surface area contributed by atoms with E-state index < -0.39 is 23.4 Å². The van der Waals surface area contributed by atoms with Crippen molar-refractivity contribution in [2.45, 2.75) is 38.8 Å². The van der Waals surface area contributed by atoms with E-state index in [0.29, 0.717) is 116 Å². The highest BCUT2D eigenvalue weighted by Gasteiger charge is 2.26. The van der Waals surface area contributed by atoms with Crippen LogP contribution in [-0.2, 0) is 35.5 Å². The molecule has 5 aromatic heterocycles. The maximum absolute atomic E-state index is 15.0. The number of anilines is 8. The number of hydrogen-bond donors (Lipinski definition) is 4. The number of hydrogen-bond acceptors (Lipinski definition) is 17. The molecule has 0 fully saturated rings. The van der Waals surface area contributed by atoms with Crippen molar-refractivity contribution in [3.05, 3.63) is 136 Å². The number of carbonyl (C=O) groups excluding carboxylic acids is 2. The molecule has 0 spiro atoms. The lowest BCUT2D eigenvalue weighted by Crippen LogP contribution is -2.30. The van der Waals surface area contributed by atoms with E-state index in [1.54, 1.807) is 39.5 Å². The first kappa shape index (κ1) is 55.8. The Balaban J connectivity index is 0.940. The Labute approximate surface area is 470 Å². The second-order valence-electron chi connectivity index (χ2n) is 20.5. The number of methoxy groups -OCH3 is 1. The molecule has 10 rings (SSSR count). The molecule has 2 aliphatic rings. The first-order valence-electron chi connectivity index (χ1n) is 26.6. The molecule has 2 amide bonds. The molecule has 0 saturated heterocycles. The van der Waals surface area contributed by atoms with Gasteiger partial charge in [0.05, 0.1) is 51.9 Å². The predicted molar refractivity (Wildman–Crippen MR) is 312 cm³/mol. The van der Waals surface area contributed by atoms with E-state index >= 15 is 0 Å². The Morgan fingerprint density at radius 1 is 0.671 bits per heavy atom. The zero-order valence-electron chi connectivity index (χ0n) is 46.6. The molecule has 426 valence electrons. The van der Waals surface area contributed by atoms with Gasteiger partial charge in [0.1, 0.15) is 41.3 Å². The van der Waals surface area contributed by atoms with Crippen molar-refractivity contribution in [1.29, 1.82) is 0 Å². The third kappa shape index (κ3) is 11.6. The van der Waals surface area contributed by atoms with Gasteiger partial charge in [-0.1, -0.05) is 6.58 Å². The van der Waals surface area contributed by atoms with Crippen LogP contribution in [0.25, 0.3) is 33.7 Å². The number of halogens is 2. The van der Waals surface area contributed by atoms with Gasteiger partial charge < -0.3 is 50.3 Å². The van der Waals surface area contributed by atoms with E-state index in [2.05, 4.69) is 42.8 Å². The minimum Gasteiger partial charge on any atom is -0.487 e. The van der Waals surface area contributed by atoms with Crippen LogP contribution in [0.4, 0.5) is 54.9 Å². The maximum atomic E-state index is 15.0. The number of benzene rings is 3. The Morgan fingerprint density at radius 3 is 1.76 bits per heavy atom. The molecule has 25 heteroatoms. The first-order valence-corrected chi connectivity index (χ1v) is 26.6. The number of rotatable bonds is 22. The molecule has 4 N–H and O–H groups in total. The van der Waals surface area contributed by atoms with Gasteiger partial charge in [0.2, 0.25) is 29.6 Å². The average Bonchev–Trinajstić information content (AvgIpc) is 3.86. The Bertz CT molecular complexity index is 3940. The lowest BCUT2D eigenvalue weighted by molar-refractivity contribution is -0.112. The molecule has 0 unspecified atom stereocenters. The van der Waals surface area contributed by atoms with Crippen LogP contribution in [0.15, 0.2) is 101 Å². The number of ether oxygens (including phenoxy) is 2. The largest absolute Gasteiger partial charge is 0.487 e. The summed E-state index contributed by atoms with van der Waals surface area (Å²) in [7, 11) is 13.0. The van der Waals surface area contributed by atoms with Crippen LogP contribution in [0.1, 0.15) is 24.0 Å². The normalized spacial score (nSPS) is 12.8. The van der Waals surface area contributed by atoms with Crippen molar-refractivity contribution >= 4 is 80.0 Å². The second-order valence-corrected chi connectivity index (χ2v) is 20.5. The number of aromatic nitrogens is 9. The number of amides is 2. The highest BCUT2D eigenvalue weighted by atomic mass is 19.1. The Morgan fingerprint density at radius 2 is 1.21 bits per heavy atom. The van der Waals surface area contributed by atoms with Gasteiger partial charge >= 0.3 is 11.4 Å². The molecule has 0 radical (unpaired) electrons. The van der Waals surface area contributed by atoms with Crippen LogP contribution in [-0.4, -0.2) is 147 Å². The number of nitrogens with one attached hydrogen (secondary N) is 4. The number of likely N-dealkylation sites (N-methyl/N-ethyl adjacent to an activating group) is 4. The summed E-state index contributed by atoms with van der Waals surface area (Å²) in [6, 6.07) is 13.8. The summed E-state index contributed by atoms with van der Waals surface area (Å²) >= 11 is 0. The van der Waals surface area contributed by atoms with Gasteiger partial charge in [0.25, 0.3) is 0 Å². The molecular weight excluding hydrogens is 1060 g/mol. The summed E-state index contributed by atoms with van der Waals surface area (Å²) in [6.45, 7) is 6.90. The van der Waals surface area contributed by atoms with E-state index in [4.69, 9.17) is 19.4 Å². The minimum absolute atomic E-state index is 0.0589. The van der Waals surface area contributed by atoms with E-state index in [0.717, 1.165) is 17.2 Å². The van der Waals surface area contributed by atoms with Crippen LogP contribution >= 0.6 is 0 Å². The third-order valence-corrected chi connectivity index (χ3v) is 14.1.